The van der Waals surface area contributed by atoms with E-state index in [1.807, 2.05) is 0 Å². The van der Waals surface area contributed by atoms with Crippen molar-refractivity contribution in [2.45, 2.75) is 6.42 Å². The predicted molar refractivity (Wildman–Crippen MR) is 90.1 cm³/mol. The second kappa shape index (κ2) is 6.60. The van der Waals surface area contributed by atoms with Gasteiger partial charge >= 0.3 is 0 Å². The molecule has 0 unspecified atom stereocenters. The first-order valence-corrected chi connectivity index (χ1v) is 7.40. The van der Waals surface area contributed by atoms with Crippen molar-refractivity contribution in [3.8, 4) is 11.5 Å². The van der Waals surface area contributed by atoms with E-state index in [1.165, 1.54) is 26.4 Å². The summed E-state index contributed by atoms with van der Waals surface area (Å²) in [5, 5.41) is 15.2. The molecule has 1 aliphatic heterocycles. The van der Waals surface area contributed by atoms with E-state index in [9.17, 15) is 14.9 Å². The van der Waals surface area contributed by atoms with Crippen LogP contribution in [0, 0.1) is 10.1 Å². The Balaban J connectivity index is 2.20. The molecule has 8 nitrogen and oxygen atoms in total. The van der Waals surface area contributed by atoms with Gasteiger partial charge in [-0.3, -0.25) is 14.9 Å². The molecule has 25 heavy (non-hydrogen) atoms. The zero-order valence-corrected chi connectivity index (χ0v) is 13.6. The zero-order valence-electron chi connectivity index (χ0n) is 13.6. The van der Waals surface area contributed by atoms with Crippen LogP contribution in [0.25, 0.3) is 0 Å². The van der Waals surface area contributed by atoms with Crippen molar-refractivity contribution in [3.05, 3.63) is 63.2 Å². The maximum absolute atomic E-state index is 12.0. The Labute approximate surface area is 143 Å². The molecule has 2 aromatic rings. The number of hydrogen-bond donors (Lipinski definition) is 1. The van der Waals surface area contributed by atoms with E-state index in [4.69, 9.17) is 9.47 Å². The standard InChI is InChI=1S/C17H15N3O5/c1-24-14-7-11-8-16(21)18-19-17(13(11)9-15(14)25-2)10-4-3-5-12(6-10)20(22)23/h3-7,9H,8H2,1-2H3,(H,18,21). The van der Waals surface area contributed by atoms with Crippen LogP contribution < -0.4 is 14.9 Å². The average Bonchev–Trinajstić information content (AvgIpc) is 2.78. The lowest BCUT2D eigenvalue weighted by Crippen LogP contribution is -2.18. The topological polar surface area (TPSA) is 103 Å². The van der Waals surface area contributed by atoms with Gasteiger partial charge in [-0.15, -0.1) is 0 Å². The van der Waals surface area contributed by atoms with Gasteiger partial charge in [0.15, 0.2) is 11.5 Å². The summed E-state index contributed by atoms with van der Waals surface area (Å²) in [6.45, 7) is 0. The molecule has 1 amide bonds. The van der Waals surface area contributed by atoms with Crippen molar-refractivity contribution >= 4 is 17.3 Å². The van der Waals surface area contributed by atoms with Gasteiger partial charge in [0.25, 0.3) is 5.69 Å². The Bertz CT molecular complexity index is 892. The molecule has 0 fully saturated rings. The van der Waals surface area contributed by atoms with Crippen LogP contribution >= 0.6 is 0 Å². The molecule has 1 heterocycles. The lowest BCUT2D eigenvalue weighted by Gasteiger charge is -2.14. The summed E-state index contributed by atoms with van der Waals surface area (Å²) >= 11 is 0. The Hall–Kier alpha value is -3.42. The number of hydrazone groups is 1. The Morgan fingerprint density at radius 3 is 2.56 bits per heavy atom. The number of amides is 1. The molecule has 128 valence electrons. The normalized spacial score (nSPS) is 13.2. The predicted octanol–water partition coefficient (Wildman–Crippen LogP) is 2.04. The van der Waals surface area contributed by atoms with E-state index in [-0.39, 0.29) is 18.0 Å². The van der Waals surface area contributed by atoms with Gasteiger partial charge in [0, 0.05) is 23.3 Å². The van der Waals surface area contributed by atoms with Crippen molar-refractivity contribution in [2.24, 2.45) is 5.10 Å². The molecule has 8 heteroatoms. The quantitative estimate of drug-likeness (QED) is 0.677. The largest absolute Gasteiger partial charge is 0.493 e. The van der Waals surface area contributed by atoms with Crippen molar-refractivity contribution in [2.75, 3.05) is 14.2 Å². The third-order valence-electron chi connectivity index (χ3n) is 3.84. The van der Waals surface area contributed by atoms with Crippen LogP contribution in [-0.4, -0.2) is 30.8 Å². The number of benzene rings is 2. The van der Waals surface area contributed by atoms with E-state index < -0.39 is 4.92 Å². The highest BCUT2D eigenvalue weighted by Crippen LogP contribution is 2.33. The van der Waals surface area contributed by atoms with E-state index in [2.05, 4.69) is 10.5 Å². The number of non-ortho nitro benzene ring substituents is 1. The van der Waals surface area contributed by atoms with Gasteiger partial charge in [-0.1, -0.05) is 12.1 Å². The maximum Gasteiger partial charge on any atom is 0.270 e. The SMILES string of the molecule is COc1cc2c(cc1OC)C(c1cccc([N+](=O)[O-])c1)=NNC(=O)C2. The highest BCUT2D eigenvalue weighted by Gasteiger charge is 2.22. The smallest absolute Gasteiger partial charge is 0.270 e. The van der Waals surface area contributed by atoms with Crippen LogP contribution in [0.2, 0.25) is 0 Å². The molecule has 0 atom stereocenters. The minimum atomic E-state index is -0.477. The lowest BCUT2D eigenvalue weighted by molar-refractivity contribution is -0.384. The van der Waals surface area contributed by atoms with Crippen molar-refractivity contribution in [3.63, 3.8) is 0 Å². The van der Waals surface area contributed by atoms with Crippen LogP contribution in [0.4, 0.5) is 5.69 Å². The average molecular weight is 341 g/mol. The number of nitrogens with zero attached hydrogens (tertiary/aromatic N) is 2. The third kappa shape index (κ3) is 3.14. The summed E-state index contributed by atoms with van der Waals surface area (Å²) < 4.78 is 10.6. The molecule has 0 bridgehead atoms. The fourth-order valence-electron chi connectivity index (χ4n) is 2.67. The molecule has 0 aliphatic carbocycles. The van der Waals surface area contributed by atoms with Gasteiger partial charge in [-0.25, -0.2) is 5.43 Å². The number of nitro benzene ring substituents is 1. The highest BCUT2D eigenvalue weighted by molar-refractivity contribution is 6.15. The molecule has 1 aliphatic rings. The number of methoxy groups -OCH3 is 2. The first-order valence-electron chi connectivity index (χ1n) is 7.40. The molecular weight excluding hydrogens is 326 g/mol. The second-order valence-corrected chi connectivity index (χ2v) is 5.34. The van der Waals surface area contributed by atoms with Gasteiger partial charge in [0.1, 0.15) is 0 Å². The van der Waals surface area contributed by atoms with Gasteiger partial charge in [0.2, 0.25) is 5.91 Å². The number of nitro groups is 1. The van der Waals surface area contributed by atoms with Gasteiger partial charge < -0.3 is 9.47 Å². The van der Waals surface area contributed by atoms with Crippen molar-refractivity contribution in [1.82, 2.24) is 5.43 Å². The monoisotopic (exact) mass is 341 g/mol. The highest BCUT2D eigenvalue weighted by atomic mass is 16.6. The Kier molecular flexibility index (Phi) is 4.34. The number of rotatable bonds is 4. The van der Waals surface area contributed by atoms with Crippen LogP contribution in [0.3, 0.4) is 0 Å². The lowest BCUT2D eigenvalue weighted by atomic mass is 9.95. The van der Waals surface area contributed by atoms with Crippen LogP contribution in [0.1, 0.15) is 16.7 Å². The summed E-state index contributed by atoms with van der Waals surface area (Å²) in [5.74, 6) is 0.692. The zero-order chi connectivity index (χ0) is 18.0. The molecule has 1 N–H and O–H groups in total. The number of hydrogen-bond acceptors (Lipinski definition) is 6. The van der Waals surface area contributed by atoms with Crippen LogP contribution in [0.5, 0.6) is 11.5 Å². The molecular formula is C17H15N3O5. The Morgan fingerprint density at radius 1 is 1.16 bits per heavy atom. The minimum absolute atomic E-state index is 0.0576. The summed E-state index contributed by atoms with van der Waals surface area (Å²) in [5.41, 5.74) is 4.69. The molecule has 0 saturated heterocycles. The molecule has 0 saturated carbocycles. The van der Waals surface area contributed by atoms with Gasteiger partial charge in [-0.05, 0) is 17.7 Å². The molecule has 0 aromatic heterocycles. The first kappa shape index (κ1) is 16.4. The number of carbonyl (C=O) groups is 1. The first-order chi connectivity index (χ1) is 12.0. The third-order valence-corrected chi connectivity index (χ3v) is 3.84. The van der Waals surface area contributed by atoms with Crippen LogP contribution in [-0.2, 0) is 11.2 Å². The fourth-order valence-corrected chi connectivity index (χ4v) is 2.67. The summed E-state index contributed by atoms with van der Waals surface area (Å²) in [4.78, 5) is 22.5. The molecule has 0 spiro atoms. The number of ether oxygens (including phenoxy) is 2. The number of nitrogens with one attached hydrogen (secondary N) is 1. The van der Waals surface area contributed by atoms with E-state index in [0.717, 1.165) is 0 Å². The number of carbonyl (C=O) groups excluding carboxylic acids is 1. The summed E-state index contributed by atoms with van der Waals surface area (Å²) in [6, 6.07) is 9.51. The second-order valence-electron chi connectivity index (χ2n) is 5.34. The van der Waals surface area contributed by atoms with E-state index >= 15 is 0 Å². The maximum atomic E-state index is 12.0. The minimum Gasteiger partial charge on any atom is -0.493 e. The van der Waals surface area contributed by atoms with Crippen molar-refractivity contribution in [1.29, 1.82) is 0 Å². The van der Waals surface area contributed by atoms with E-state index in [0.29, 0.717) is 33.9 Å². The van der Waals surface area contributed by atoms with Gasteiger partial charge in [-0.2, -0.15) is 5.10 Å². The molecule has 0 radical (unpaired) electrons. The number of fused-ring (bicyclic) bond motifs is 1. The molecule has 2 aromatic carbocycles. The van der Waals surface area contributed by atoms with Crippen molar-refractivity contribution < 1.29 is 19.2 Å². The summed E-state index contributed by atoms with van der Waals surface area (Å²) in [6.07, 6.45) is 0.109. The fraction of sp³-hybridized carbons (Fsp3) is 0.176. The molecule has 3 rings (SSSR count). The Morgan fingerprint density at radius 2 is 1.88 bits per heavy atom. The van der Waals surface area contributed by atoms with E-state index in [1.54, 1.807) is 24.3 Å². The van der Waals surface area contributed by atoms with Gasteiger partial charge in [0.05, 0.1) is 31.3 Å². The van der Waals surface area contributed by atoms with Crippen LogP contribution in [0.15, 0.2) is 41.5 Å². The summed E-state index contributed by atoms with van der Waals surface area (Å²) in [7, 11) is 3.02.